The number of unbranched alkanes of at least 4 members (excludes halogenated alkanes) is 3. The van der Waals surface area contributed by atoms with Crippen molar-refractivity contribution in [3.05, 3.63) is 36.2 Å². The van der Waals surface area contributed by atoms with Crippen molar-refractivity contribution in [3.8, 4) is 11.5 Å². The molecule has 0 saturated heterocycles. The third-order valence-electron chi connectivity index (χ3n) is 3.76. The number of anilines is 1. The van der Waals surface area contributed by atoms with Crippen LogP contribution >= 0.6 is 0 Å². The molecule has 0 saturated carbocycles. The zero-order chi connectivity index (χ0) is 16.7. The first-order valence-electron chi connectivity index (χ1n) is 8.22. The van der Waals surface area contributed by atoms with Crippen LogP contribution in [-0.2, 0) is 0 Å². The van der Waals surface area contributed by atoms with Gasteiger partial charge in [-0.25, -0.2) is 4.98 Å². The summed E-state index contributed by atoms with van der Waals surface area (Å²) in [7, 11) is 0. The fourth-order valence-electron chi connectivity index (χ4n) is 2.38. The second-order valence-corrected chi connectivity index (χ2v) is 5.88. The van der Waals surface area contributed by atoms with E-state index in [0.29, 0.717) is 17.3 Å². The minimum absolute atomic E-state index is 0.135. The summed E-state index contributed by atoms with van der Waals surface area (Å²) >= 11 is 0. The lowest BCUT2D eigenvalue weighted by Gasteiger charge is -2.12. The number of carbonyl (C=O) groups is 1. The smallest absolute Gasteiger partial charge is 0.273 e. The van der Waals surface area contributed by atoms with Gasteiger partial charge < -0.3 is 15.5 Å². The Labute approximate surface area is 137 Å². The van der Waals surface area contributed by atoms with Crippen LogP contribution in [0.15, 0.2) is 34.9 Å². The molecule has 0 spiro atoms. The number of benzene rings is 1. The van der Waals surface area contributed by atoms with Gasteiger partial charge in [-0.1, -0.05) is 32.6 Å². The third-order valence-corrected chi connectivity index (χ3v) is 3.76. The Morgan fingerprint density at radius 1 is 1.26 bits per heavy atom. The Morgan fingerprint density at radius 2 is 2.00 bits per heavy atom. The van der Waals surface area contributed by atoms with Crippen LogP contribution < -0.4 is 11.1 Å². The fraction of sp³-hybridized carbons (Fsp3) is 0.444. The highest BCUT2D eigenvalue weighted by atomic mass is 16.3. The van der Waals surface area contributed by atoms with Crippen molar-refractivity contribution in [1.82, 2.24) is 10.3 Å². The number of nitrogens with two attached hydrogens (primary N) is 1. The van der Waals surface area contributed by atoms with Gasteiger partial charge >= 0.3 is 0 Å². The monoisotopic (exact) mass is 315 g/mol. The lowest BCUT2D eigenvalue weighted by atomic mass is 10.1. The number of nitrogens with one attached hydrogen (secondary N) is 1. The predicted octanol–water partition coefficient (Wildman–Crippen LogP) is 4.01. The van der Waals surface area contributed by atoms with Crippen LogP contribution in [0.3, 0.4) is 0 Å². The second kappa shape index (κ2) is 8.36. The Bertz CT molecular complexity index is 619. The van der Waals surface area contributed by atoms with E-state index < -0.39 is 0 Å². The Hall–Kier alpha value is -2.30. The van der Waals surface area contributed by atoms with Gasteiger partial charge in [0.05, 0.1) is 0 Å². The standard InChI is InChI=1S/C18H25N3O2/c1-3-4-5-6-7-13(2)20-17(22)16-12-23-18(21-16)14-8-10-15(19)11-9-14/h8-13H,3-7,19H2,1-2H3,(H,20,22). The molecule has 0 bridgehead atoms. The summed E-state index contributed by atoms with van der Waals surface area (Å²) < 4.78 is 5.39. The molecule has 1 aromatic heterocycles. The molecule has 1 amide bonds. The van der Waals surface area contributed by atoms with Gasteiger partial charge in [0.25, 0.3) is 5.91 Å². The van der Waals surface area contributed by atoms with E-state index in [1.807, 2.05) is 19.1 Å². The van der Waals surface area contributed by atoms with Crippen LogP contribution in [0.4, 0.5) is 5.69 Å². The van der Waals surface area contributed by atoms with E-state index in [0.717, 1.165) is 18.4 Å². The molecule has 1 aromatic carbocycles. The van der Waals surface area contributed by atoms with Gasteiger partial charge in [0.15, 0.2) is 5.69 Å². The summed E-state index contributed by atoms with van der Waals surface area (Å²) in [6.45, 7) is 4.21. The van der Waals surface area contributed by atoms with Crippen molar-refractivity contribution < 1.29 is 9.21 Å². The lowest BCUT2D eigenvalue weighted by molar-refractivity contribution is 0.0933. The van der Waals surface area contributed by atoms with Crippen molar-refractivity contribution in [2.75, 3.05) is 5.73 Å². The maximum absolute atomic E-state index is 12.2. The number of nitrogen functional groups attached to an aromatic ring is 1. The van der Waals surface area contributed by atoms with Crippen LogP contribution in [0.2, 0.25) is 0 Å². The highest BCUT2D eigenvalue weighted by Crippen LogP contribution is 2.20. The van der Waals surface area contributed by atoms with E-state index in [1.165, 1.54) is 25.5 Å². The van der Waals surface area contributed by atoms with Crippen LogP contribution in [0.1, 0.15) is 56.4 Å². The minimum Gasteiger partial charge on any atom is -0.444 e. The van der Waals surface area contributed by atoms with Crippen molar-refractivity contribution >= 4 is 11.6 Å². The number of hydrogen-bond donors (Lipinski definition) is 2. The zero-order valence-electron chi connectivity index (χ0n) is 13.8. The van der Waals surface area contributed by atoms with Crippen molar-refractivity contribution in [1.29, 1.82) is 0 Å². The fourth-order valence-corrected chi connectivity index (χ4v) is 2.38. The highest BCUT2D eigenvalue weighted by Gasteiger charge is 2.15. The molecule has 0 aliphatic rings. The highest BCUT2D eigenvalue weighted by molar-refractivity contribution is 5.92. The molecule has 124 valence electrons. The molecule has 1 atom stereocenters. The SMILES string of the molecule is CCCCCCC(C)NC(=O)c1coc(-c2ccc(N)cc2)n1. The maximum atomic E-state index is 12.2. The molecule has 0 radical (unpaired) electrons. The molecular formula is C18H25N3O2. The van der Waals surface area contributed by atoms with Gasteiger partial charge in [-0.3, -0.25) is 4.79 Å². The topological polar surface area (TPSA) is 81.2 Å². The summed E-state index contributed by atoms with van der Waals surface area (Å²) in [5.41, 5.74) is 7.43. The summed E-state index contributed by atoms with van der Waals surface area (Å²) in [5, 5.41) is 2.97. The van der Waals surface area contributed by atoms with Gasteiger partial charge in [0.2, 0.25) is 5.89 Å². The zero-order valence-corrected chi connectivity index (χ0v) is 13.8. The third kappa shape index (κ3) is 5.13. The Kier molecular flexibility index (Phi) is 6.20. The van der Waals surface area contributed by atoms with E-state index in [-0.39, 0.29) is 11.9 Å². The molecule has 0 fully saturated rings. The quantitative estimate of drug-likeness (QED) is 0.569. The van der Waals surface area contributed by atoms with Crippen LogP contribution in [-0.4, -0.2) is 16.9 Å². The summed E-state index contributed by atoms with van der Waals surface area (Å²) in [6.07, 6.45) is 7.18. The number of nitrogens with zero attached hydrogens (tertiary/aromatic N) is 1. The molecule has 2 rings (SSSR count). The van der Waals surface area contributed by atoms with E-state index in [1.54, 1.807) is 12.1 Å². The first kappa shape index (κ1) is 17.1. The molecule has 3 N–H and O–H groups in total. The van der Waals surface area contributed by atoms with Gasteiger partial charge in [-0.05, 0) is 37.6 Å². The number of aromatic nitrogens is 1. The second-order valence-electron chi connectivity index (χ2n) is 5.88. The maximum Gasteiger partial charge on any atom is 0.273 e. The van der Waals surface area contributed by atoms with Crippen LogP contribution in [0, 0.1) is 0 Å². The molecular weight excluding hydrogens is 290 g/mol. The van der Waals surface area contributed by atoms with E-state index in [2.05, 4.69) is 17.2 Å². The van der Waals surface area contributed by atoms with Gasteiger partial charge in [0, 0.05) is 17.3 Å². The molecule has 1 heterocycles. The molecule has 5 heteroatoms. The minimum atomic E-state index is -0.196. The largest absolute Gasteiger partial charge is 0.444 e. The van der Waals surface area contributed by atoms with Crippen LogP contribution in [0.25, 0.3) is 11.5 Å². The first-order valence-corrected chi connectivity index (χ1v) is 8.22. The number of rotatable bonds is 8. The number of oxazole rings is 1. The number of carbonyl (C=O) groups excluding carboxylic acids is 1. The lowest BCUT2D eigenvalue weighted by Crippen LogP contribution is -2.32. The van der Waals surface area contributed by atoms with Gasteiger partial charge in [-0.15, -0.1) is 0 Å². The van der Waals surface area contributed by atoms with E-state index in [9.17, 15) is 4.79 Å². The molecule has 0 aliphatic heterocycles. The predicted molar refractivity (Wildman–Crippen MR) is 92.0 cm³/mol. The molecule has 2 aromatic rings. The van der Waals surface area contributed by atoms with Gasteiger partial charge in [-0.2, -0.15) is 0 Å². The average molecular weight is 315 g/mol. The normalized spacial score (nSPS) is 12.1. The number of hydrogen-bond acceptors (Lipinski definition) is 4. The van der Waals surface area contributed by atoms with Crippen LogP contribution in [0.5, 0.6) is 0 Å². The first-order chi connectivity index (χ1) is 11.1. The Balaban J connectivity index is 1.89. The molecule has 0 aliphatic carbocycles. The molecule has 1 unspecified atom stereocenters. The van der Waals surface area contributed by atoms with Crippen molar-refractivity contribution in [2.24, 2.45) is 0 Å². The van der Waals surface area contributed by atoms with Gasteiger partial charge in [0.1, 0.15) is 6.26 Å². The number of amides is 1. The molecule has 23 heavy (non-hydrogen) atoms. The summed E-state index contributed by atoms with van der Waals surface area (Å²) in [6, 6.07) is 7.32. The summed E-state index contributed by atoms with van der Waals surface area (Å²) in [4.78, 5) is 16.4. The van der Waals surface area contributed by atoms with E-state index >= 15 is 0 Å². The Morgan fingerprint density at radius 3 is 2.70 bits per heavy atom. The molecule has 5 nitrogen and oxygen atoms in total. The van der Waals surface area contributed by atoms with Crippen molar-refractivity contribution in [3.63, 3.8) is 0 Å². The van der Waals surface area contributed by atoms with E-state index in [4.69, 9.17) is 10.2 Å². The average Bonchev–Trinajstić information content (AvgIpc) is 3.02. The van der Waals surface area contributed by atoms with Crippen molar-refractivity contribution in [2.45, 2.75) is 52.0 Å². The summed E-state index contributed by atoms with van der Waals surface area (Å²) in [5.74, 6) is 0.226.